The predicted octanol–water partition coefficient (Wildman–Crippen LogP) is 5.00. The second-order valence-corrected chi connectivity index (χ2v) is 6.05. The Labute approximate surface area is 131 Å². The van der Waals surface area contributed by atoms with E-state index in [2.05, 4.69) is 80.1 Å². The van der Waals surface area contributed by atoms with Crippen molar-refractivity contribution in [1.82, 2.24) is 9.55 Å². The Hall–Kier alpha value is -2.13. The first-order valence-electron chi connectivity index (χ1n) is 6.88. The van der Waals surface area contributed by atoms with Crippen LogP contribution in [-0.4, -0.2) is 9.55 Å². The summed E-state index contributed by atoms with van der Waals surface area (Å²) in [4.78, 5) is 4.26. The highest BCUT2D eigenvalue weighted by Crippen LogP contribution is 2.29. The summed E-state index contributed by atoms with van der Waals surface area (Å²) < 4.78 is 3.37. The fourth-order valence-electron chi connectivity index (χ4n) is 2.90. The van der Waals surface area contributed by atoms with E-state index in [1.807, 2.05) is 12.4 Å². The first-order valence-corrected chi connectivity index (χ1v) is 7.67. The molecule has 2 aromatic heterocycles. The minimum atomic E-state index is 0.820. The maximum atomic E-state index is 4.26. The fraction of sp³-hybridized carbons (Fsp3) is 0.0556. The van der Waals surface area contributed by atoms with Crippen LogP contribution in [0.4, 0.5) is 0 Å². The Morgan fingerprint density at radius 1 is 0.857 bits per heavy atom. The lowest BCUT2D eigenvalue weighted by atomic mass is 10.2. The van der Waals surface area contributed by atoms with Gasteiger partial charge in [0.2, 0.25) is 0 Å². The lowest BCUT2D eigenvalue weighted by molar-refractivity contribution is 0.861. The molecule has 0 saturated carbocycles. The number of para-hydroxylation sites is 2. The van der Waals surface area contributed by atoms with Crippen LogP contribution in [0.25, 0.3) is 21.8 Å². The summed E-state index contributed by atoms with van der Waals surface area (Å²) in [5.41, 5.74) is 3.72. The Bertz CT molecular complexity index is 887. The highest BCUT2D eigenvalue weighted by molar-refractivity contribution is 9.10. The minimum Gasteiger partial charge on any atom is -0.336 e. The molecule has 4 aromatic rings. The smallest absolute Gasteiger partial charge is 0.0497 e. The van der Waals surface area contributed by atoms with Gasteiger partial charge in [-0.05, 0) is 39.7 Å². The van der Waals surface area contributed by atoms with Gasteiger partial charge in [-0.15, -0.1) is 0 Å². The summed E-state index contributed by atoms with van der Waals surface area (Å²) >= 11 is 3.49. The molecule has 0 spiro atoms. The van der Waals surface area contributed by atoms with Crippen molar-refractivity contribution in [2.75, 3.05) is 0 Å². The molecule has 0 amide bonds. The van der Waals surface area contributed by atoms with Crippen molar-refractivity contribution in [1.29, 1.82) is 0 Å². The van der Waals surface area contributed by atoms with Crippen molar-refractivity contribution in [2.45, 2.75) is 6.54 Å². The molecule has 2 aromatic carbocycles. The van der Waals surface area contributed by atoms with Gasteiger partial charge >= 0.3 is 0 Å². The van der Waals surface area contributed by atoms with Gasteiger partial charge in [0, 0.05) is 45.2 Å². The Morgan fingerprint density at radius 3 is 2.10 bits per heavy atom. The third kappa shape index (κ3) is 2.14. The molecule has 0 saturated heterocycles. The van der Waals surface area contributed by atoms with Crippen LogP contribution < -0.4 is 0 Å². The first-order chi connectivity index (χ1) is 10.3. The molecule has 2 heterocycles. The topological polar surface area (TPSA) is 17.8 Å². The highest BCUT2D eigenvalue weighted by atomic mass is 79.9. The first kappa shape index (κ1) is 12.6. The van der Waals surface area contributed by atoms with Crippen LogP contribution in [0.15, 0.2) is 71.5 Å². The van der Waals surface area contributed by atoms with Crippen LogP contribution >= 0.6 is 15.9 Å². The van der Waals surface area contributed by atoms with Gasteiger partial charge in [-0.3, -0.25) is 4.98 Å². The van der Waals surface area contributed by atoms with Crippen molar-refractivity contribution in [3.05, 3.63) is 77.0 Å². The molecule has 0 unspecified atom stereocenters. The van der Waals surface area contributed by atoms with Crippen LogP contribution in [0.1, 0.15) is 5.56 Å². The van der Waals surface area contributed by atoms with E-state index >= 15 is 0 Å². The summed E-state index contributed by atoms with van der Waals surface area (Å²) in [6.07, 6.45) is 3.74. The third-order valence-corrected chi connectivity index (χ3v) is 4.22. The van der Waals surface area contributed by atoms with E-state index in [0.29, 0.717) is 0 Å². The third-order valence-electron chi connectivity index (χ3n) is 3.78. The zero-order valence-electron chi connectivity index (χ0n) is 11.3. The quantitative estimate of drug-likeness (QED) is 0.503. The lowest BCUT2D eigenvalue weighted by Gasteiger charge is -2.07. The van der Waals surface area contributed by atoms with Crippen molar-refractivity contribution in [3.8, 4) is 0 Å². The molecule has 21 heavy (non-hydrogen) atoms. The molecule has 0 atom stereocenters. The van der Waals surface area contributed by atoms with Crippen LogP contribution in [0.2, 0.25) is 0 Å². The average Bonchev–Trinajstić information content (AvgIpc) is 2.83. The van der Waals surface area contributed by atoms with Gasteiger partial charge in [-0.2, -0.15) is 0 Å². The van der Waals surface area contributed by atoms with E-state index in [1.165, 1.54) is 27.4 Å². The summed E-state index contributed by atoms with van der Waals surface area (Å²) in [6.45, 7) is 0.820. The highest BCUT2D eigenvalue weighted by Gasteiger charge is 2.09. The van der Waals surface area contributed by atoms with E-state index < -0.39 is 0 Å². The number of aromatic nitrogens is 2. The molecule has 0 aliphatic heterocycles. The van der Waals surface area contributed by atoms with Gasteiger partial charge in [-0.25, -0.2) is 0 Å². The second kappa shape index (κ2) is 5.01. The summed E-state index contributed by atoms with van der Waals surface area (Å²) in [5.74, 6) is 0. The van der Waals surface area contributed by atoms with Gasteiger partial charge in [-0.1, -0.05) is 36.4 Å². The molecule has 4 rings (SSSR count). The van der Waals surface area contributed by atoms with Crippen LogP contribution in [0.5, 0.6) is 0 Å². The number of hydrogen-bond donors (Lipinski definition) is 0. The Morgan fingerprint density at radius 2 is 1.48 bits per heavy atom. The zero-order valence-corrected chi connectivity index (χ0v) is 12.9. The van der Waals surface area contributed by atoms with E-state index in [4.69, 9.17) is 0 Å². The zero-order chi connectivity index (χ0) is 14.2. The minimum absolute atomic E-state index is 0.820. The van der Waals surface area contributed by atoms with E-state index in [-0.39, 0.29) is 0 Å². The summed E-state index contributed by atoms with van der Waals surface area (Å²) in [5, 5.41) is 2.60. The average molecular weight is 337 g/mol. The van der Waals surface area contributed by atoms with Gasteiger partial charge in [0.05, 0.1) is 0 Å². The molecule has 0 fully saturated rings. The van der Waals surface area contributed by atoms with Gasteiger partial charge in [0.15, 0.2) is 0 Å². The SMILES string of the molecule is Brc1cncc(Cn2c3ccccc3c3ccccc32)c1. The maximum Gasteiger partial charge on any atom is 0.0497 e. The Kier molecular flexibility index (Phi) is 3.00. The maximum absolute atomic E-state index is 4.26. The molecule has 2 nitrogen and oxygen atoms in total. The number of fused-ring (bicyclic) bond motifs is 3. The van der Waals surface area contributed by atoms with E-state index in [9.17, 15) is 0 Å². The normalized spacial score (nSPS) is 11.3. The van der Waals surface area contributed by atoms with E-state index in [1.54, 1.807) is 0 Å². The molecule has 0 aliphatic rings. The van der Waals surface area contributed by atoms with Gasteiger partial charge in [0.25, 0.3) is 0 Å². The van der Waals surface area contributed by atoms with Gasteiger partial charge < -0.3 is 4.57 Å². The monoisotopic (exact) mass is 336 g/mol. The molecule has 0 N–H and O–H groups in total. The molecular weight excluding hydrogens is 324 g/mol. The molecular formula is C18H13BrN2. The largest absolute Gasteiger partial charge is 0.336 e. The number of rotatable bonds is 2. The molecule has 3 heteroatoms. The fourth-order valence-corrected chi connectivity index (χ4v) is 3.31. The molecule has 102 valence electrons. The van der Waals surface area contributed by atoms with Crippen LogP contribution in [0, 0.1) is 0 Å². The van der Waals surface area contributed by atoms with Crippen molar-refractivity contribution >= 4 is 37.7 Å². The van der Waals surface area contributed by atoms with Crippen molar-refractivity contribution in [2.24, 2.45) is 0 Å². The number of nitrogens with zero attached hydrogens (tertiary/aromatic N) is 2. The van der Waals surface area contributed by atoms with Crippen molar-refractivity contribution < 1.29 is 0 Å². The predicted molar refractivity (Wildman–Crippen MR) is 90.5 cm³/mol. The number of hydrogen-bond acceptors (Lipinski definition) is 1. The van der Waals surface area contributed by atoms with Crippen molar-refractivity contribution in [3.63, 3.8) is 0 Å². The molecule has 0 radical (unpaired) electrons. The number of halogens is 1. The number of benzene rings is 2. The summed E-state index contributed by atoms with van der Waals surface area (Å²) in [6, 6.07) is 19.2. The molecule has 0 bridgehead atoms. The van der Waals surface area contributed by atoms with Crippen LogP contribution in [0.3, 0.4) is 0 Å². The standard InChI is InChI=1S/C18H13BrN2/c19-14-9-13(10-20-11-14)12-21-17-7-3-1-5-15(17)16-6-2-4-8-18(16)21/h1-11H,12H2. The lowest BCUT2D eigenvalue weighted by Crippen LogP contribution is -1.99. The van der Waals surface area contributed by atoms with E-state index in [0.717, 1.165) is 11.0 Å². The van der Waals surface area contributed by atoms with Gasteiger partial charge in [0.1, 0.15) is 0 Å². The molecule has 0 aliphatic carbocycles. The Balaban J connectivity index is 1.97. The van der Waals surface area contributed by atoms with Crippen LogP contribution in [-0.2, 0) is 6.54 Å². The summed E-state index contributed by atoms with van der Waals surface area (Å²) in [7, 11) is 0. The second-order valence-electron chi connectivity index (χ2n) is 5.13. The number of pyridine rings is 1.